The van der Waals surface area contributed by atoms with Crippen LogP contribution in [0.5, 0.6) is 0 Å². The van der Waals surface area contributed by atoms with E-state index in [0.717, 1.165) is 5.56 Å². The van der Waals surface area contributed by atoms with Crippen LogP contribution in [-0.4, -0.2) is 9.78 Å². The van der Waals surface area contributed by atoms with Crippen molar-refractivity contribution in [1.29, 1.82) is 0 Å². The third-order valence-corrected chi connectivity index (χ3v) is 2.38. The summed E-state index contributed by atoms with van der Waals surface area (Å²) in [5.41, 5.74) is 6.91. The van der Waals surface area contributed by atoms with Crippen molar-refractivity contribution in [3.8, 4) is 0 Å². The predicted molar refractivity (Wildman–Crippen MR) is 50.9 cm³/mol. The molecule has 0 spiro atoms. The quantitative estimate of drug-likeness (QED) is 0.729. The summed E-state index contributed by atoms with van der Waals surface area (Å²) in [6.45, 7) is 6.56. The summed E-state index contributed by atoms with van der Waals surface area (Å²) in [7, 11) is 1.90. The molecule has 0 amide bonds. The molecule has 0 aliphatic rings. The lowest BCUT2D eigenvalue weighted by Crippen LogP contribution is -2.03. The van der Waals surface area contributed by atoms with Gasteiger partial charge in [0.1, 0.15) is 5.82 Å². The molecular weight excluding hydrogens is 150 g/mol. The lowest BCUT2D eigenvalue weighted by atomic mass is 9.92. The third-order valence-electron chi connectivity index (χ3n) is 2.38. The van der Waals surface area contributed by atoms with Crippen LogP contribution in [0.3, 0.4) is 0 Å². The number of aromatic nitrogens is 2. The van der Waals surface area contributed by atoms with Crippen LogP contribution in [-0.2, 0) is 7.05 Å². The molecule has 1 heterocycles. The highest BCUT2D eigenvalue weighted by Crippen LogP contribution is 2.26. The molecule has 0 aliphatic heterocycles. The number of aryl methyl sites for hydroxylation is 1. The zero-order valence-corrected chi connectivity index (χ0v) is 8.20. The highest BCUT2D eigenvalue weighted by atomic mass is 15.3. The first-order valence-electron chi connectivity index (χ1n) is 4.31. The Morgan fingerprint density at radius 3 is 2.33 bits per heavy atom. The molecule has 1 atom stereocenters. The standard InChI is InChI=1S/C9H17N3/c1-6(2)7(3)8-5-12(4)11-9(8)10/h5-7H,1-4H3,(H2,10,11). The van der Waals surface area contributed by atoms with Crippen LogP contribution in [0.15, 0.2) is 6.20 Å². The van der Waals surface area contributed by atoms with E-state index in [9.17, 15) is 0 Å². The van der Waals surface area contributed by atoms with Crippen LogP contribution in [0.25, 0.3) is 0 Å². The van der Waals surface area contributed by atoms with E-state index in [2.05, 4.69) is 25.9 Å². The molecule has 0 aromatic carbocycles. The van der Waals surface area contributed by atoms with Gasteiger partial charge in [-0.3, -0.25) is 4.68 Å². The van der Waals surface area contributed by atoms with E-state index in [0.29, 0.717) is 17.7 Å². The minimum atomic E-state index is 0.485. The van der Waals surface area contributed by atoms with Gasteiger partial charge in [0.15, 0.2) is 0 Å². The molecule has 0 fully saturated rings. The van der Waals surface area contributed by atoms with Gasteiger partial charge in [-0.2, -0.15) is 5.10 Å². The highest BCUT2D eigenvalue weighted by molar-refractivity contribution is 5.39. The second kappa shape index (κ2) is 3.17. The summed E-state index contributed by atoms with van der Waals surface area (Å²) in [5, 5.41) is 4.11. The maximum atomic E-state index is 5.75. The summed E-state index contributed by atoms with van der Waals surface area (Å²) in [4.78, 5) is 0. The molecule has 3 heteroatoms. The van der Waals surface area contributed by atoms with Crippen molar-refractivity contribution in [2.24, 2.45) is 13.0 Å². The fourth-order valence-electron chi connectivity index (χ4n) is 1.23. The van der Waals surface area contributed by atoms with Gasteiger partial charge in [-0.1, -0.05) is 20.8 Å². The van der Waals surface area contributed by atoms with Gasteiger partial charge in [0.05, 0.1) is 0 Å². The molecule has 0 radical (unpaired) electrons. The number of hydrogen-bond donors (Lipinski definition) is 1. The van der Waals surface area contributed by atoms with Crippen LogP contribution in [0.4, 0.5) is 5.82 Å². The summed E-state index contributed by atoms with van der Waals surface area (Å²) < 4.78 is 1.77. The molecule has 1 rings (SSSR count). The van der Waals surface area contributed by atoms with Gasteiger partial charge < -0.3 is 5.73 Å². The number of nitrogens with zero attached hydrogens (tertiary/aromatic N) is 2. The Bertz CT molecular complexity index is 263. The summed E-state index contributed by atoms with van der Waals surface area (Å²) in [6.07, 6.45) is 2.00. The Morgan fingerprint density at radius 2 is 2.00 bits per heavy atom. The topological polar surface area (TPSA) is 43.8 Å². The Morgan fingerprint density at radius 1 is 1.42 bits per heavy atom. The van der Waals surface area contributed by atoms with Crippen molar-refractivity contribution in [3.63, 3.8) is 0 Å². The summed E-state index contributed by atoms with van der Waals surface area (Å²) in [6, 6.07) is 0. The maximum Gasteiger partial charge on any atom is 0.148 e. The Labute approximate surface area is 73.6 Å². The molecule has 3 nitrogen and oxygen atoms in total. The lowest BCUT2D eigenvalue weighted by Gasteiger charge is -2.13. The monoisotopic (exact) mass is 167 g/mol. The summed E-state index contributed by atoms with van der Waals surface area (Å²) >= 11 is 0. The SMILES string of the molecule is CC(C)C(C)c1cn(C)nc1N. The predicted octanol–water partition coefficient (Wildman–Crippen LogP) is 1.76. The highest BCUT2D eigenvalue weighted by Gasteiger charge is 2.15. The van der Waals surface area contributed by atoms with E-state index in [1.165, 1.54) is 0 Å². The average Bonchev–Trinajstić information content (AvgIpc) is 2.28. The van der Waals surface area contributed by atoms with E-state index >= 15 is 0 Å². The number of rotatable bonds is 2. The molecule has 12 heavy (non-hydrogen) atoms. The molecule has 1 aromatic rings. The fraction of sp³-hybridized carbons (Fsp3) is 0.667. The van der Waals surface area contributed by atoms with Gasteiger partial charge in [-0.25, -0.2) is 0 Å². The molecule has 0 saturated carbocycles. The van der Waals surface area contributed by atoms with E-state index in [1.807, 2.05) is 13.2 Å². The Hall–Kier alpha value is -0.990. The van der Waals surface area contributed by atoms with Crippen molar-refractivity contribution in [1.82, 2.24) is 9.78 Å². The number of anilines is 1. The zero-order valence-electron chi connectivity index (χ0n) is 8.20. The molecule has 1 unspecified atom stereocenters. The Kier molecular flexibility index (Phi) is 2.40. The zero-order chi connectivity index (χ0) is 9.30. The van der Waals surface area contributed by atoms with Gasteiger partial charge in [0, 0.05) is 18.8 Å². The van der Waals surface area contributed by atoms with Crippen molar-refractivity contribution >= 4 is 5.82 Å². The van der Waals surface area contributed by atoms with Crippen molar-refractivity contribution in [2.75, 3.05) is 5.73 Å². The van der Waals surface area contributed by atoms with Crippen LogP contribution < -0.4 is 5.73 Å². The largest absolute Gasteiger partial charge is 0.382 e. The first kappa shape index (κ1) is 9.10. The van der Waals surface area contributed by atoms with Gasteiger partial charge >= 0.3 is 0 Å². The van der Waals surface area contributed by atoms with Crippen LogP contribution in [0.2, 0.25) is 0 Å². The molecule has 2 N–H and O–H groups in total. The van der Waals surface area contributed by atoms with Crippen LogP contribution in [0, 0.1) is 5.92 Å². The van der Waals surface area contributed by atoms with Crippen molar-refractivity contribution in [2.45, 2.75) is 26.7 Å². The van der Waals surface area contributed by atoms with Gasteiger partial charge in [-0.05, 0) is 11.8 Å². The van der Waals surface area contributed by atoms with E-state index < -0.39 is 0 Å². The molecule has 0 aliphatic carbocycles. The molecule has 0 saturated heterocycles. The first-order valence-corrected chi connectivity index (χ1v) is 4.31. The van der Waals surface area contributed by atoms with Crippen LogP contribution >= 0.6 is 0 Å². The normalized spacial score (nSPS) is 13.8. The molecular formula is C9H17N3. The number of nitrogens with two attached hydrogens (primary N) is 1. The van der Waals surface area contributed by atoms with E-state index in [1.54, 1.807) is 4.68 Å². The second-order valence-electron chi connectivity index (χ2n) is 3.68. The Balaban J connectivity index is 2.94. The average molecular weight is 167 g/mol. The molecule has 1 aromatic heterocycles. The molecule has 0 bridgehead atoms. The number of hydrogen-bond acceptors (Lipinski definition) is 2. The lowest BCUT2D eigenvalue weighted by molar-refractivity contribution is 0.536. The van der Waals surface area contributed by atoms with Gasteiger partial charge in [0.25, 0.3) is 0 Å². The van der Waals surface area contributed by atoms with Gasteiger partial charge in [-0.15, -0.1) is 0 Å². The molecule has 68 valence electrons. The fourth-order valence-corrected chi connectivity index (χ4v) is 1.23. The third kappa shape index (κ3) is 1.60. The second-order valence-corrected chi connectivity index (χ2v) is 3.68. The maximum absolute atomic E-state index is 5.75. The minimum Gasteiger partial charge on any atom is -0.382 e. The van der Waals surface area contributed by atoms with E-state index in [4.69, 9.17) is 5.73 Å². The smallest absolute Gasteiger partial charge is 0.148 e. The summed E-state index contributed by atoms with van der Waals surface area (Å²) in [5.74, 6) is 1.76. The van der Waals surface area contributed by atoms with Crippen molar-refractivity contribution in [3.05, 3.63) is 11.8 Å². The first-order chi connectivity index (χ1) is 5.52. The van der Waals surface area contributed by atoms with Crippen molar-refractivity contribution < 1.29 is 0 Å². The van der Waals surface area contributed by atoms with Crippen LogP contribution in [0.1, 0.15) is 32.3 Å². The van der Waals surface area contributed by atoms with Gasteiger partial charge in [0.2, 0.25) is 0 Å². The van der Waals surface area contributed by atoms with E-state index in [-0.39, 0.29) is 0 Å². The number of nitrogen functional groups attached to an aromatic ring is 1. The minimum absolute atomic E-state index is 0.485.